The SMILES string of the molecule is Cc1nn(C)c(-n2ccc3cc(C(F)(F)F)cnc32)c1CCS(=O)(=O)NC(=O)OCC(C)C. The maximum atomic E-state index is 13.0. The van der Waals surface area contributed by atoms with Gasteiger partial charge in [0.05, 0.1) is 23.6 Å². The highest BCUT2D eigenvalue weighted by molar-refractivity contribution is 7.90. The molecule has 0 aliphatic heterocycles. The number of hydrogen-bond acceptors (Lipinski definition) is 6. The number of amides is 1. The van der Waals surface area contributed by atoms with Gasteiger partial charge in [-0.3, -0.25) is 9.25 Å². The van der Waals surface area contributed by atoms with E-state index in [1.807, 2.05) is 18.6 Å². The van der Waals surface area contributed by atoms with Gasteiger partial charge in [-0.15, -0.1) is 0 Å². The summed E-state index contributed by atoms with van der Waals surface area (Å²) in [6, 6.07) is 2.49. The fourth-order valence-electron chi connectivity index (χ4n) is 3.32. The number of ether oxygens (including phenoxy) is 1. The second-order valence-electron chi connectivity index (χ2n) is 7.99. The van der Waals surface area contributed by atoms with E-state index in [-0.39, 0.29) is 30.0 Å². The Labute approximate surface area is 188 Å². The summed E-state index contributed by atoms with van der Waals surface area (Å²) < 4.78 is 73.5. The fraction of sp³-hybridized carbons (Fsp3) is 0.450. The van der Waals surface area contributed by atoms with Crippen molar-refractivity contribution >= 4 is 27.1 Å². The van der Waals surface area contributed by atoms with E-state index in [0.29, 0.717) is 17.1 Å². The van der Waals surface area contributed by atoms with E-state index in [0.717, 1.165) is 12.3 Å². The molecule has 33 heavy (non-hydrogen) atoms. The van der Waals surface area contributed by atoms with E-state index >= 15 is 0 Å². The number of alkyl halides is 3. The second kappa shape index (κ2) is 9.04. The summed E-state index contributed by atoms with van der Waals surface area (Å²) >= 11 is 0. The highest BCUT2D eigenvalue weighted by atomic mass is 32.2. The zero-order valence-corrected chi connectivity index (χ0v) is 19.3. The molecule has 180 valence electrons. The summed E-state index contributed by atoms with van der Waals surface area (Å²) in [5, 5.41) is 4.60. The molecule has 0 aliphatic carbocycles. The molecule has 0 fully saturated rings. The third-order valence-electron chi connectivity index (χ3n) is 4.80. The fourth-order valence-corrected chi connectivity index (χ4v) is 4.21. The van der Waals surface area contributed by atoms with Crippen LogP contribution in [0.2, 0.25) is 0 Å². The molecule has 0 saturated heterocycles. The van der Waals surface area contributed by atoms with E-state index in [1.165, 1.54) is 10.7 Å². The van der Waals surface area contributed by atoms with Gasteiger partial charge in [-0.2, -0.15) is 18.3 Å². The number of rotatable bonds is 7. The van der Waals surface area contributed by atoms with Crippen molar-refractivity contribution < 1.29 is 31.1 Å². The monoisotopic (exact) mass is 487 g/mol. The van der Waals surface area contributed by atoms with Crippen LogP contribution in [0.5, 0.6) is 0 Å². The molecular formula is C20H24F3N5O4S. The van der Waals surface area contributed by atoms with E-state index in [9.17, 15) is 26.4 Å². The lowest BCUT2D eigenvalue weighted by Crippen LogP contribution is -2.34. The molecule has 9 nitrogen and oxygen atoms in total. The van der Waals surface area contributed by atoms with Crippen LogP contribution in [0, 0.1) is 12.8 Å². The highest BCUT2D eigenvalue weighted by Crippen LogP contribution is 2.31. The summed E-state index contributed by atoms with van der Waals surface area (Å²) in [7, 11) is -2.36. The first-order valence-electron chi connectivity index (χ1n) is 10.0. The Balaban J connectivity index is 1.87. The Bertz CT molecular complexity index is 1280. The minimum atomic E-state index is -4.52. The molecule has 1 N–H and O–H groups in total. The predicted octanol–water partition coefficient (Wildman–Crippen LogP) is 3.34. The minimum absolute atomic E-state index is 0.00209. The highest BCUT2D eigenvalue weighted by Gasteiger charge is 2.31. The summed E-state index contributed by atoms with van der Waals surface area (Å²) in [6.45, 7) is 5.41. The van der Waals surface area contributed by atoms with Gasteiger partial charge in [0.15, 0.2) is 0 Å². The molecular weight excluding hydrogens is 463 g/mol. The Morgan fingerprint density at radius 3 is 2.64 bits per heavy atom. The topological polar surface area (TPSA) is 108 Å². The van der Waals surface area contributed by atoms with Crippen LogP contribution in [-0.2, 0) is 34.4 Å². The molecule has 0 spiro atoms. The molecule has 0 aromatic carbocycles. The maximum absolute atomic E-state index is 13.0. The van der Waals surface area contributed by atoms with E-state index in [2.05, 4.69) is 10.1 Å². The molecule has 3 aromatic heterocycles. The Morgan fingerprint density at radius 2 is 2.00 bits per heavy atom. The van der Waals surface area contributed by atoms with Gasteiger partial charge in [-0.1, -0.05) is 13.8 Å². The van der Waals surface area contributed by atoms with Crippen molar-refractivity contribution in [2.45, 2.75) is 33.4 Å². The predicted molar refractivity (Wildman–Crippen MR) is 114 cm³/mol. The largest absolute Gasteiger partial charge is 0.449 e. The number of aromatic nitrogens is 4. The van der Waals surface area contributed by atoms with Gasteiger partial charge in [0.1, 0.15) is 11.5 Å². The average Bonchev–Trinajstić information content (AvgIpc) is 3.22. The van der Waals surface area contributed by atoms with Crippen molar-refractivity contribution in [3.05, 3.63) is 41.3 Å². The number of sulfonamides is 1. The quantitative estimate of drug-likeness (QED) is 0.548. The molecule has 0 bridgehead atoms. The van der Waals surface area contributed by atoms with Crippen LogP contribution in [0.3, 0.4) is 0 Å². The van der Waals surface area contributed by atoms with Crippen molar-refractivity contribution in [2.75, 3.05) is 12.4 Å². The van der Waals surface area contributed by atoms with E-state index in [1.54, 1.807) is 24.7 Å². The van der Waals surface area contributed by atoms with Gasteiger partial charge < -0.3 is 4.74 Å². The van der Waals surface area contributed by atoms with Crippen molar-refractivity contribution in [3.63, 3.8) is 0 Å². The first kappa shape index (κ1) is 24.6. The van der Waals surface area contributed by atoms with Gasteiger partial charge >= 0.3 is 12.3 Å². The van der Waals surface area contributed by atoms with Gasteiger partial charge in [0.2, 0.25) is 10.0 Å². The van der Waals surface area contributed by atoms with Crippen LogP contribution >= 0.6 is 0 Å². The lowest BCUT2D eigenvalue weighted by atomic mass is 10.2. The summed E-state index contributed by atoms with van der Waals surface area (Å²) in [4.78, 5) is 15.7. The Morgan fingerprint density at radius 1 is 1.30 bits per heavy atom. The molecule has 0 aliphatic rings. The van der Waals surface area contributed by atoms with Crippen LogP contribution in [0.15, 0.2) is 24.5 Å². The van der Waals surface area contributed by atoms with Crippen molar-refractivity contribution in [1.82, 2.24) is 24.1 Å². The Kier molecular flexibility index (Phi) is 6.73. The van der Waals surface area contributed by atoms with E-state index < -0.39 is 33.6 Å². The lowest BCUT2D eigenvalue weighted by molar-refractivity contribution is -0.137. The van der Waals surface area contributed by atoms with Crippen molar-refractivity contribution in [1.29, 1.82) is 0 Å². The molecule has 0 radical (unpaired) electrons. The van der Waals surface area contributed by atoms with Crippen LogP contribution in [0.25, 0.3) is 16.9 Å². The number of pyridine rings is 1. The third kappa shape index (κ3) is 5.64. The van der Waals surface area contributed by atoms with Crippen LogP contribution < -0.4 is 4.72 Å². The molecule has 3 rings (SSSR count). The summed E-state index contributed by atoms with van der Waals surface area (Å²) in [6.07, 6.45) is -3.27. The average molecular weight is 488 g/mol. The molecule has 0 atom stereocenters. The van der Waals surface area contributed by atoms with Gasteiger partial charge in [0.25, 0.3) is 0 Å². The first-order chi connectivity index (χ1) is 15.3. The molecule has 3 heterocycles. The number of halogens is 3. The van der Waals surface area contributed by atoms with Crippen molar-refractivity contribution in [3.8, 4) is 5.82 Å². The first-order valence-corrected chi connectivity index (χ1v) is 11.7. The molecule has 0 unspecified atom stereocenters. The molecule has 1 amide bonds. The van der Waals surface area contributed by atoms with Crippen LogP contribution in [0.1, 0.15) is 30.7 Å². The second-order valence-corrected chi connectivity index (χ2v) is 9.84. The number of fused-ring (bicyclic) bond motifs is 1. The Hall–Kier alpha value is -3.09. The minimum Gasteiger partial charge on any atom is -0.449 e. The number of hydrogen-bond donors (Lipinski definition) is 1. The molecule has 13 heteroatoms. The van der Waals surface area contributed by atoms with Crippen molar-refractivity contribution in [2.24, 2.45) is 13.0 Å². The van der Waals surface area contributed by atoms with Crippen LogP contribution in [-0.4, -0.2) is 46.2 Å². The third-order valence-corrected chi connectivity index (χ3v) is 6.02. The van der Waals surface area contributed by atoms with Gasteiger partial charge in [0, 0.05) is 30.4 Å². The zero-order chi connectivity index (χ0) is 24.6. The standard InChI is InChI=1S/C20H24F3N5O4S/c1-12(2)11-32-19(29)26-33(30,31)8-6-16-13(3)25-27(4)18(16)28-7-5-14-9-15(20(21,22)23)10-24-17(14)28/h5,7,9-10,12H,6,8,11H2,1-4H3,(H,26,29). The maximum Gasteiger partial charge on any atom is 0.420 e. The van der Waals surface area contributed by atoms with E-state index in [4.69, 9.17) is 4.74 Å². The summed E-state index contributed by atoms with van der Waals surface area (Å²) in [5.74, 6) is 0.0948. The lowest BCUT2D eigenvalue weighted by Gasteiger charge is -2.12. The molecule has 0 saturated carbocycles. The smallest absolute Gasteiger partial charge is 0.420 e. The summed E-state index contributed by atoms with van der Waals surface area (Å²) in [5.41, 5.74) is 0.498. The van der Waals surface area contributed by atoms with Gasteiger partial charge in [-0.05, 0) is 31.4 Å². The number of aryl methyl sites for hydroxylation is 2. The van der Waals surface area contributed by atoms with Gasteiger partial charge in [-0.25, -0.2) is 22.9 Å². The molecule has 3 aromatic rings. The number of carbonyl (C=O) groups is 1. The number of carbonyl (C=O) groups excluding carboxylic acids is 1. The number of nitrogens with one attached hydrogen (secondary N) is 1. The number of nitrogens with zero attached hydrogens (tertiary/aromatic N) is 4. The zero-order valence-electron chi connectivity index (χ0n) is 18.5. The van der Waals surface area contributed by atoms with Crippen LogP contribution in [0.4, 0.5) is 18.0 Å². The normalized spacial score (nSPS) is 12.5.